The first kappa shape index (κ1) is 15.4. The van der Waals surface area contributed by atoms with Gasteiger partial charge < -0.3 is 19.5 Å². The third kappa shape index (κ3) is 3.00. The summed E-state index contributed by atoms with van der Waals surface area (Å²) in [6.07, 6.45) is 3.57. The first-order valence-corrected chi connectivity index (χ1v) is 8.23. The molecule has 3 aromatic rings. The fourth-order valence-electron chi connectivity index (χ4n) is 3.07. The van der Waals surface area contributed by atoms with Crippen molar-refractivity contribution in [1.29, 1.82) is 0 Å². The SMILES string of the molecule is COc1ccnc(N2CCN(C(=O)c3ccc4cc[nH]c4c3)CC2)n1. The van der Waals surface area contributed by atoms with Gasteiger partial charge in [0.05, 0.1) is 7.11 Å². The molecule has 1 fully saturated rings. The predicted molar refractivity (Wildman–Crippen MR) is 95.0 cm³/mol. The van der Waals surface area contributed by atoms with Gasteiger partial charge in [-0.3, -0.25) is 4.79 Å². The lowest BCUT2D eigenvalue weighted by Gasteiger charge is -2.34. The summed E-state index contributed by atoms with van der Waals surface area (Å²) in [6, 6.07) is 9.49. The summed E-state index contributed by atoms with van der Waals surface area (Å²) in [4.78, 5) is 28.5. The molecule has 1 N–H and O–H groups in total. The minimum Gasteiger partial charge on any atom is -0.481 e. The normalized spacial score (nSPS) is 14.8. The van der Waals surface area contributed by atoms with Crippen molar-refractivity contribution >= 4 is 22.8 Å². The molecule has 0 saturated carbocycles. The van der Waals surface area contributed by atoms with Crippen LogP contribution in [0.15, 0.2) is 42.7 Å². The van der Waals surface area contributed by atoms with Crippen molar-refractivity contribution in [1.82, 2.24) is 19.9 Å². The summed E-state index contributed by atoms with van der Waals surface area (Å²) in [7, 11) is 1.59. The highest BCUT2D eigenvalue weighted by atomic mass is 16.5. The zero-order chi connectivity index (χ0) is 17.2. The summed E-state index contributed by atoms with van der Waals surface area (Å²) >= 11 is 0. The lowest BCUT2D eigenvalue weighted by Crippen LogP contribution is -2.49. The van der Waals surface area contributed by atoms with E-state index in [-0.39, 0.29) is 5.91 Å². The number of nitrogens with one attached hydrogen (secondary N) is 1. The van der Waals surface area contributed by atoms with E-state index in [9.17, 15) is 4.79 Å². The fraction of sp³-hybridized carbons (Fsp3) is 0.278. The van der Waals surface area contributed by atoms with Gasteiger partial charge in [0.1, 0.15) is 0 Å². The largest absolute Gasteiger partial charge is 0.481 e. The Morgan fingerprint density at radius 2 is 2.00 bits per heavy atom. The van der Waals surface area contributed by atoms with E-state index in [0.29, 0.717) is 43.6 Å². The van der Waals surface area contributed by atoms with Crippen LogP contribution < -0.4 is 9.64 Å². The van der Waals surface area contributed by atoms with Crippen molar-refractivity contribution in [3.8, 4) is 5.88 Å². The molecule has 1 aliphatic rings. The number of benzene rings is 1. The maximum Gasteiger partial charge on any atom is 0.254 e. The van der Waals surface area contributed by atoms with Gasteiger partial charge in [0, 0.05) is 55.7 Å². The number of H-pyrrole nitrogens is 1. The van der Waals surface area contributed by atoms with Crippen LogP contribution in [0.25, 0.3) is 10.9 Å². The second-order valence-electron chi connectivity index (χ2n) is 5.96. The molecule has 2 aromatic heterocycles. The first-order valence-electron chi connectivity index (χ1n) is 8.23. The number of anilines is 1. The van der Waals surface area contributed by atoms with Gasteiger partial charge in [-0.15, -0.1) is 0 Å². The van der Waals surface area contributed by atoms with Crippen molar-refractivity contribution in [3.05, 3.63) is 48.3 Å². The molecule has 1 aliphatic heterocycles. The molecule has 1 aromatic carbocycles. The van der Waals surface area contributed by atoms with Crippen LogP contribution in [0.1, 0.15) is 10.4 Å². The number of aromatic amines is 1. The van der Waals surface area contributed by atoms with Crippen molar-refractivity contribution in [3.63, 3.8) is 0 Å². The quantitative estimate of drug-likeness (QED) is 0.790. The fourth-order valence-corrected chi connectivity index (χ4v) is 3.07. The third-order valence-corrected chi connectivity index (χ3v) is 4.48. The van der Waals surface area contributed by atoms with E-state index in [1.165, 1.54) is 0 Å². The topological polar surface area (TPSA) is 74.3 Å². The average molecular weight is 337 g/mol. The van der Waals surface area contributed by atoms with E-state index in [1.807, 2.05) is 35.4 Å². The Bertz CT molecular complexity index is 899. The third-order valence-electron chi connectivity index (χ3n) is 4.48. The number of aromatic nitrogens is 3. The molecule has 4 rings (SSSR count). The molecule has 7 heteroatoms. The first-order chi connectivity index (χ1) is 12.2. The van der Waals surface area contributed by atoms with Crippen LogP contribution in [-0.4, -0.2) is 59.0 Å². The van der Waals surface area contributed by atoms with Crippen molar-refractivity contribution in [2.24, 2.45) is 0 Å². The van der Waals surface area contributed by atoms with Gasteiger partial charge in [0.25, 0.3) is 5.91 Å². The molecule has 0 radical (unpaired) electrons. The van der Waals surface area contributed by atoms with Crippen LogP contribution in [0.4, 0.5) is 5.95 Å². The zero-order valence-electron chi connectivity index (χ0n) is 14.0. The van der Waals surface area contributed by atoms with Crippen molar-refractivity contribution in [2.45, 2.75) is 0 Å². The van der Waals surface area contributed by atoms with Crippen LogP contribution >= 0.6 is 0 Å². The summed E-state index contributed by atoms with van der Waals surface area (Å²) in [5, 5.41) is 1.11. The predicted octanol–water partition coefficient (Wildman–Crippen LogP) is 1.93. The Labute approximate surface area is 145 Å². The Kier molecular flexibility index (Phi) is 3.97. The molecule has 0 bridgehead atoms. The zero-order valence-corrected chi connectivity index (χ0v) is 14.0. The van der Waals surface area contributed by atoms with Crippen LogP contribution in [0.2, 0.25) is 0 Å². The molecular weight excluding hydrogens is 318 g/mol. The maximum atomic E-state index is 12.8. The summed E-state index contributed by atoms with van der Waals surface area (Å²) in [5.41, 5.74) is 1.69. The van der Waals surface area contributed by atoms with E-state index >= 15 is 0 Å². The van der Waals surface area contributed by atoms with E-state index in [1.54, 1.807) is 19.4 Å². The number of hydrogen-bond acceptors (Lipinski definition) is 5. The van der Waals surface area contributed by atoms with Gasteiger partial charge in [-0.2, -0.15) is 4.98 Å². The summed E-state index contributed by atoms with van der Waals surface area (Å²) in [6.45, 7) is 2.68. The lowest BCUT2D eigenvalue weighted by atomic mass is 10.1. The van der Waals surface area contributed by atoms with E-state index < -0.39 is 0 Å². The molecule has 0 spiro atoms. The Hall–Kier alpha value is -3.09. The highest BCUT2D eigenvalue weighted by Crippen LogP contribution is 2.18. The number of hydrogen-bond donors (Lipinski definition) is 1. The highest BCUT2D eigenvalue weighted by molar-refractivity contribution is 5.98. The maximum absolute atomic E-state index is 12.8. The Morgan fingerprint density at radius 3 is 2.80 bits per heavy atom. The molecule has 0 atom stereocenters. The number of amides is 1. The Morgan fingerprint density at radius 1 is 1.16 bits per heavy atom. The van der Waals surface area contributed by atoms with Crippen molar-refractivity contribution < 1.29 is 9.53 Å². The standard InChI is InChI=1S/C18H19N5O2/c1-25-16-5-7-20-18(21-16)23-10-8-22(9-11-23)17(24)14-3-2-13-4-6-19-15(13)12-14/h2-7,12,19H,8-11H2,1H3. The number of piperazine rings is 1. The van der Waals surface area contributed by atoms with Crippen LogP contribution in [0.3, 0.4) is 0 Å². The number of rotatable bonds is 3. The minimum absolute atomic E-state index is 0.0581. The summed E-state index contributed by atoms with van der Waals surface area (Å²) in [5.74, 6) is 1.24. The molecule has 1 amide bonds. The number of fused-ring (bicyclic) bond motifs is 1. The number of ether oxygens (including phenoxy) is 1. The molecule has 128 valence electrons. The van der Waals surface area contributed by atoms with Gasteiger partial charge >= 0.3 is 0 Å². The smallest absolute Gasteiger partial charge is 0.254 e. The number of nitrogens with zero attached hydrogens (tertiary/aromatic N) is 4. The molecule has 0 aliphatic carbocycles. The van der Waals surface area contributed by atoms with E-state index in [4.69, 9.17) is 4.74 Å². The van der Waals surface area contributed by atoms with Crippen molar-refractivity contribution in [2.75, 3.05) is 38.2 Å². The second-order valence-corrected chi connectivity index (χ2v) is 5.96. The Balaban J connectivity index is 1.44. The highest BCUT2D eigenvalue weighted by Gasteiger charge is 2.23. The average Bonchev–Trinajstić information content (AvgIpc) is 3.15. The van der Waals surface area contributed by atoms with Gasteiger partial charge in [-0.25, -0.2) is 4.98 Å². The molecule has 3 heterocycles. The molecule has 7 nitrogen and oxygen atoms in total. The molecular formula is C18H19N5O2. The number of methoxy groups -OCH3 is 1. The van der Waals surface area contributed by atoms with Gasteiger partial charge in [0.2, 0.25) is 11.8 Å². The molecule has 0 unspecified atom stereocenters. The van der Waals surface area contributed by atoms with E-state index in [0.717, 1.165) is 10.9 Å². The van der Waals surface area contributed by atoms with Gasteiger partial charge in [-0.05, 0) is 23.6 Å². The van der Waals surface area contributed by atoms with Crippen LogP contribution in [0.5, 0.6) is 5.88 Å². The molecule has 1 saturated heterocycles. The minimum atomic E-state index is 0.0581. The molecule has 25 heavy (non-hydrogen) atoms. The second kappa shape index (κ2) is 6.43. The van der Waals surface area contributed by atoms with Gasteiger partial charge in [-0.1, -0.05) is 6.07 Å². The van der Waals surface area contributed by atoms with Crippen LogP contribution in [0, 0.1) is 0 Å². The number of carbonyl (C=O) groups is 1. The van der Waals surface area contributed by atoms with E-state index in [2.05, 4.69) is 19.9 Å². The number of carbonyl (C=O) groups excluding carboxylic acids is 1. The lowest BCUT2D eigenvalue weighted by molar-refractivity contribution is 0.0746. The monoisotopic (exact) mass is 337 g/mol. The van der Waals surface area contributed by atoms with Crippen LogP contribution in [-0.2, 0) is 0 Å². The summed E-state index contributed by atoms with van der Waals surface area (Å²) < 4.78 is 5.15. The van der Waals surface area contributed by atoms with Gasteiger partial charge in [0.15, 0.2) is 0 Å².